The van der Waals surface area contributed by atoms with E-state index in [2.05, 4.69) is 15.3 Å². The summed E-state index contributed by atoms with van der Waals surface area (Å²) < 4.78 is 0.783. The molecule has 2 heterocycles. The number of hydrogen-bond acceptors (Lipinski definition) is 5. The molecule has 2 aromatic heterocycles. The summed E-state index contributed by atoms with van der Waals surface area (Å²) in [7, 11) is 0. The molecule has 4 nitrogen and oxygen atoms in total. The zero-order valence-electron chi connectivity index (χ0n) is 8.64. The summed E-state index contributed by atoms with van der Waals surface area (Å²) in [6.45, 7) is 2.04. The van der Waals surface area contributed by atoms with Gasteiger partial charge in [-0.1, -0.05) is 11.6 Å². The highest BCUT2D eigenvalue weighted by molar-refractivity contribution is 7.16. The number of halogens is 1. The summed E-state index contributed by atoms with van der Waals surface area (Å²) in [4.78, 5) is 9.07. The van der Waals surface area contributed by atoms with Crippen LogP contribution >= 0.6 is 22.9 Å². The average Bonchev–Trinajstić information content (AvgIpc) is 2.65. The zero-order chi connectivity index (χ0) is 11.5. The van der Waals surface area contributed by atoms with Crippen LogP contribution in [0.25, 0.3) is 0 Å². The van der Waals surface area contributed by atoms with E-state index in [0.29, 0.717) is 11.6 Å². The van der Waals surface area contributed by atoms with Gasteiger partial charge in [0.05, 0.1) is 10.4 Å². The highest BCUT2D eigenvalue weighted by Crippen LogP contribution is 2.28. The Labute approximate surface area is 102 Å². The molecule has 1 atom stereocenters. The van der Waals surface area contributed by atoms with Crippen LogP contribution < -0.4 is 11.1 Å². The van der Waals surface area contributed by atoms with Gasteiger partial charge in [-0.3, -0.25) is 0 Å². The Bertz CT molecular complexity index is 485. The van der Waals surface area contributed by atoms with Crippen LogP contribution in [0.3, 0.4) is 0 Å². The lowest BCUT2D eigenvalue weighted by Crippen LogP contribution is -2.07. The van der Waals surface area contributed by atoms with E-state index in [1.54, 1.807) is 17.4 Å². The molecule has 2 aromatic rings. The van der Waals surface area contributed by atoms with Crippen molar-refractivity contribution in [3.63, 3.8) is 0 Å². The van der Waals surface area contributed by atoms with E-state index in [1.165, 1.54) is 6.33 Å². The Hall–Kier alpha value is -1.33. The predicted octanol–water partition coefficient (Wildman–Crippen LogP) is 2.95. The van der Waals surface area contributed by atoms with Crippen LogP contribution in [0.1, 0.15) is 17.8 Å². The quantitative estimate of drug-likeness (QED) is 0.884. The molecule has 0 bridgehead atoms. The van der Waals surface area contributed by atoms with Crippen molar-refractivity contribution in [1.29, 1.82) is 0 Å². The van der Waals surface area contributed by atoms with Crippen LogP contribution in [0.4, 0.5) is 11.6 Å². The normalized spacial score (nSPS) is 12.4. The topological polar surface area (TPSA) is 63.8 Å². The van der Waals surface area contributed by atoms with Gasteiger partial charge in [-0.15, -0.1) is 11.3 Å². The molecule has 0 aromatic carbocycles. The third-order valence-corrected chi connectivity index (χ3v) is 3.49. The molecule has 0 spiro atoms. The number of nitrogen functional groups attached to an aromatic ring is 1. The molecule has 0 radical (unpaired) electrons. The largest absolute Gasteiger partial charge is 0.384 e. The predicted molar refractivity (Wildman–Crippen MR) is 67.8 cm³/mol. The highest BCUT2D eigenvalue weighted by Gasteiger charge is 2.08. The molecule has 0 fully saturated rings. The summed E-state index contributed by atoms with van der Waals surface area (Å²) in [6, 6.07) is 5.72. The van der Waals surface area contributed by atoms with Gasteiger partial charge in [-0.2, -0.15) is 0 Å². The number of thiophene rings is 1. The van der Waals surface area contributed by atoms with Crippen LogP contribution in [-0.2, 0) is 0 Å². The van der Waals surface area contributed by atoms with Gasteiger partial charge in [-0.05, 0) is 19.1 Å². The molecule has 0 aliphatic carbocycles. The number of anilines is 2. The first-order valence-electron chi connectivity index (χ1n) is 4.74. The summed E-state index contributed by atoms with van der Waals surface area (Å²) in [6.07, 6.45) is 1.44. The third-order valence-electron chi connectivity index (χ3n) is 2.07. The lowest BCUT2D eigenvalue weighted by molar-refractivity contribution is 0.894. The molecule has 16 heavy (non-hydrogen) atoms. The molecule has 0 aliphatic heterocycles. The molecular weight excluding hydrogens is 244 g/mol. The van der Waals surface area contributed by atoms with Gasteiger partial charge in [0.2, 0.25) is 0 Å². The number of nitrogens with zero attached hydrogens (tertiary/aromatic N) is 2. The van der Waals surface area contributed by atoms with Gasteiger partial charge in [-0.25, -0.2) is 9.97 Å². The van der Waals surface area contributed by atoms with Crippen molar-refractivity contribution in [2.75, 3.05) is 11.1 Å². The molecule has 3 N–H and O–H groups in total. The van der Waals surface area contributed by atoms with Crippen molar-refractivity contribution >= 4 is 34.6 Å². The smallest absolute Gasteiger partial charge is 0.131 e. The van der Waals surface area contributed by atoms with E-state index in [1.807, 2.05) is 19.1 Å². The fraction of sp³-hybridized carbons (Fsp3) is 0.200. The molecule has 0 aliphatic rings. The first kappa shape index (κ1) is 11.2. The summed E-state index contributed by atoms with van der Waals surface area (Å²) in [5, 5.41) is 3.23. The Morgan fingerprint density at radius 1 is 1.44 bits per heavy atom. The molecule has 0 saturated heterocycles. The Balaban J connectivity index is 2.10. The Morgan fingerprint density at radius 2 is 2.25 bits per heavy atom. The minimum Gasteiger partial charge on any atom is -0.384 e. The van der Waals surface area contributed by atoms with Crippen LogP contribution in [0.5, 0.6) is 0 Å². The second-order valence-corrected chi connectivity index (χ2v) is 5.08. The second kappa shape index (κ2) is 4.67. The summed E-state index contributed by atoms with van der Waals surface area (Å²) in [5.74, 6) is 1.17. The van der Waals surface area contributed by atoms with Crippen LogP contribution in [0.15, 0.2) is 24.5 Å². The maximum absolute atomic E-state index is 5.88. The molecular formula is C10H11ClN4S. The van der Waals surface area contributed by atoms with Crippen LogP contribution in [-0.4, -0.2) is 9.97 Å². The molecule has 2 rings (SSSR count). The number of rotatable bonds is 3. The fourth-order valence-electron chi connectivity index (χ4n) is 1.31. The lowest BCUT2D eigenvalue weighted by atomic mass is 10.3. The van der Waals surface area contributed by atoms with Gasteiger partial charge >= 0.3 is 0 Å². The monoisotopic (exact) mass is 254 g/mol. The maximum atomic E-state index is 5.88. The average molecular weight is 255 g/mol. The summed E-state index contributed by atoms with van der Waals surface area (Å²) in [5.41, 5.74) is 5.57. The standard InChI is InChI=1S/C10H11ClN4S/c1-6(7-2-3-8(11)16-7)15-10-4-9(12)13-5-14-10/h2-6H,1H3,(H3,12,13,14,15). The molecule has 84 valence electrons. The number of nitrogens with two attached hydrogens (primary N) is 1. The number of hydrogen-bond donors (Lipinski definition) is 2. The molecule has 0 saturated carbocycles. The van der Waals surface area contributed by atoms with Crippen molar-refractivity contribution in [3.05, 3.63) is 33.7 Å². The Kier molecular flexibility index (Phi) is 3.26. The van der Waals surface area contributed by atoms with Crippen molar-refractivity contribution in [2.24, 2.45) is 0 Å². The van der Waals surface area contributed by atoms with Crippen molar-refractivity contribution in [2.45, 2.75) is 13.0 Å². The maximum Gasteiger partial charge on any atom is 0.131 e. The Morgan fingerprint density at radius 3 is 2.88 bits per heavy atom. The van der Waals surface area contributed by atoms with E-state index in [-0.39, 0.29) is 6.04 Å². The van der Waals surface area contributed by atoms with Crippen molar-refractivity contribution in [3.8, 4) is 0 Å². The van der Waals surface area contributed by atoms with Gasteiger partial charge < -0.3 is 11.1 Å². The van der Waals surface area contributed by atoms with E-state index in [4.69, 9.17) is 17.3 Å². The minimum absolute atomic E-state index is 0.145. The molecule has 0 amide bonds. The van der Waals surface area contributed by atoms with Gasteiger partial charge in [0, 0.05) is 10.9 Å². The third kappa shape index (κ3) is 2.62. The summed E-state index contributed by atoms with van der Waals surface area (Å²) >= 11 is 7.43. The first-order chi connectivity index (χ1) is 7.65. The zero-order valence-corrected chi connectivity index (χ0v) is 10.2. The van der Waals surface area contributed by atoms with Gasteiger partial charge in [0.1, 0.15) is 18.0 Å². The molecule has 6 heteroatoms. The van der Waals surface area contributed by atoms with E-state index < -0.39 is 0 Å². The first-order valence-corrected chi connectivity index (χ1v) is 5.94. The lowest BCUT2D eigenvalue weighted by Gasteiger charge is -2.12. The highest BCUT2D eigenvalue weighted by atomic mass is 35.5. The van der Waals surface area contributed by atoms with Crippen LogP contribution in [0.2, 0.25) is 4.34 Å². The fourth-order valence-corrected chi connectivity index (χ4v) is 2.37. The van der Waals surface area contributed by atoms with Crippen LogP contribution in [0, 0.1) is 0 Å². The minimum atomic E-state index is 0.145. The number of nitrogens with one attached hydrogen (secondary N) is 1. The number of aromatic nitrogens is 2. The van der Waals surface area contributed by atoms with Gasteiger partial charge in [0.15, 0.2) is 0 Å². The SMILES string of the molecule is CC(Nc1cc(N)ncn1)c1ccc(Cl)s1. The molecule has 1 unspecified atom stereocenters. The van der Waals surface area contributed by atoms with E-state index in [9.17, 15) is 0 Å². The van der Waals surface area contributed by atoms with Crippen molar-refractivity contribution in [1.82, 2.24) is 9.97 Å². The van der Waals surface area contributed by atoms with E-state index >= 15 is 0 Å². The van der Waals surface area contributed by atoms with E-state index in [0.717, 1.165) is 9.21 Å². The van der Waals surface area contributed by atoms with Crippen molar-refractivity contribution < 1.29 is 0 Å². The second-order valence-electron chi connectivity index (χ2n) is 3.34. The van der Waals surface area contributed by atoms with Gasteiger partial charge in [0.25, 0.3) is 0 Å².